The van der Waals surface area contributed by atoms with Crippen molar-refractivity contribution in [2.45, 2.75) is 94.3 Å². The van der Waals surface area contributed by atoms with E-state index in [1.807, 2.05) is 0 Å². The number of thioether (sulfide) groups is 1. The van der Waals surface area contributed by atoms with E-state index in [1.165, 1.54) is 76.6 Å². The van der Waals surface area contributed by atoms with Gasteiger partial charge in [0.05, 0.1) is 17.5 Å². The zero-order valence-corrected chi connectivity index (χ0v) is 22.7. The minimum Gasteiger partial charge on any atom is -0.368 e. The van der Waals surface area contributed by atoms with Gasteiger partial charge in [0.2, 0.25) is 5.91 Å². The van der Waals surface area contributed by atoms with E-state index in [0.29, 0.717) is 35.3 Å². The summed E-state index contributed by atoms with van der Waals surface area (Å²) >= 11 is 2.18. The molecule has 0 radical (unpaired) electrons. The average Bonchev–Trinajstić information content (AvgIpc) is 3.21. The van der Waals surface area contributed by atoms with Crippen LogP contribution in [0.2, 0.25) is 0 Å². The molecular weight excluding hydrogens is 458 g/mol. The Kier molecular flexibility index (Phi) is 9.33. The summed E-state index contributed by atoms with van der Waals surface area (Å²) in [4.78, 5) is 17.0. The van der Waals surface area contributed by atoms with Gasteiger partial charge in [0, 0.05) is 37.5 Å². The van der Waals surface area contributed by atoms with E-state index in [2.05, 4.69) is 39.1 Å². The number of nitrogens with zero attached hydrogens (tertiary/aromatic N) is 2. The van der Waals surface area contributed by atoms with Crippen molar-refractivity contribution in [3.05, 3.63) is 0 Å². The lowest BCUT2D eigenvalue weighted by atomic mass is 9.70. The van der Waals surface area contributed by atoms with Crippen LogP contribution in [-0.2, 0) is 9.53 Å². The van der Waals surface area contributed by atoms with Crippen LogP contribution >= 0.6 is 11.8 Å². The number of nitrogens with one attached hydrogen (secondary N) is 2. The molecule has 5 aliphatic rings. The van der Waals surface area contributed by atoms with Gasteiger partial charge in [-0.2, -0.15) is 0 Å². The largest absolute Gasteiger partial charge is 0.368 e. The molecule has 2 saturated carbocycles. The highest BCUT2D eigenvalue weighted by Gasteiger charge is 2.47. The summed E-state index contributed by atoms with van der Waals surface area (Å²) in [5.74, 6) is 2.97. The topological polar surface area (TPSA) is 82.9 Å². The Balaban J connectivity index is 1.18. The van der Waals surface area contributed by atoms with E-state index >= 15 is 0 Å². The van der Waals surface area contributed by atoms with E-state index in [1.54, 1.807) is 0 Å². The first kappa shape index (κ1) is 26.2. The van der Waals surface area contributed by atoms with Crippen LogP contribution < -0.4 is 16.4 Å². The Morgan fingerprint density at radius 3 is 2.69 bits per heavy atom. The van der Waals surface area contributed by atoms with Crippen molar-refractivity contribution in [3.8, 4) is 0 Å². The third-order valence-electron chi connectivity index (χ3n) is 9.48. The lowest BCUT2D eigenvalue weighted by Gasteiger charge is -2.52. The van der Waals surface area contributed by atoms with Gasteiger partial charge in [0.15, 0.2) is 0 Å². The van der Waals surface area contributed by atoms with Crippen molar-refractivity contribution in [1.82, 2.24) is 20.4 Å². The van der Waals surface area contributed by atoms with Crippen LogP contribution in [0, 0.1) is 17.8 Å². The molecule has 2 aliphatic carbocycles. The molecule has 7 atom stereocenters. The summed E-state index contributed by atoms with van der Waals surface area (Å²) in [5.41, 5.74) is 5.48. The third kappa shape index (κ3) is 6.55. The standard InChI is InChI=1S/C27H49N5O2S/c1-19-15-21-9-5-10-29-24(21)25(26(19)34-17-23(28)33)32-12-6-11-31(13-14-32)16-22-18-35-27(30-22)20-7-3-2-4-8-20/h19-22,24-27,29-30H,2-18H2,1H3,(H2,28,33). The Labute approximate surface area is 217 Å². The smallest absolute Gasteiger partial charge is 0.243 e. The summed E-state index contributed by atoms with van der Waals surface area (Å²) in [7, 11) is 0. The van der Waals surface area contributed by atoms with Gasteiger partial charge in [-0.25, -0.2) is 0 Å². The highest BCUT2D eigenvalue weighted by molar-refractivity contribution is 8.00. The van der Waals surface area contributed by atoms with Crippen molar-refractivity contribution in [2.75, 3.05) is 51.6 Å². The van der Waals surface area contributed by atoms with Crippen LogP contribution in [0.4, 0.5) is 0 Å². The second-order valence-electron chi connectivity index (χ2n) is 12.0. The third-order valence-corrected chi connectivity index (χ3v) is 11.0. The van der Waals surface area contributed by atoms with Crippen molar-refractivity contribution >= 4 is 17.7 Å². The molecule has 0 aromatic rings. The summed E-state index contributed by atoms with van der Waals surface area (Å²) < 4.78 is 6.23. The highest BCUT2D eigenvalue weighted by Crippen LogP contribution is 2.39. The lowest BCUT2D eigenvalue weighted by Crippen LogP contribution is -2.66. The predicted molar refractivity (Wildman–Crippen MR) is 143 cm³/mol. The molecule has 0 aromatic heterocycles. The van der Waals surface area contributed by atoms with Gasteiger partial charge >= 0.3 is 0 Å². The molecule has 5 rings (SSSR count). The van der Waals surface area contributed by atoms with Crippen molar-refractivity contribution < 1.29 is 9.53 Å². The molecular formula is C27H49N5O2S. The molecule has 0 spiro atoms. The van der Waals surface area contributed by atoms with Crippen LogP contribution in [-0.4, -0.2) is 96.9 Å². The van der Waals surface area contributed by atoms with Gasteiger partial charge in [0.1, 0.15) is 6.61 Å². The molecule has 7 nitrogen and oxygen atoms in total. The molecule has 200 valence electrons. The molecule has 0 aromatic carbocycles. The van der Waals surface area contributed by atoms with Crippen molar-refractivity contribution in [2.24, 2.45) is 23.5 Å². The molecule has 35 heavy (non-hydrogen) atoms. The van der Waals surface area contributed by atoms with E-state index in [0.717, 1.165) is 32.1 Å². The fraction of sp³-hybridized carbons (Fsp3) is 0.963. The minimum atomic E-state index is -0.356. The second-order valence-corrected chi connectivity index (χ2v) is 13.2. The summed E-state index contributed by atoms with van der Waals surface area (Å²) in [6, 6.07) is 1.43. The number of hydrogen-bond donors (Lipinski definition) is 3. The second kappa shape index (κ2) is 12.4. The number of ether oxygens (including phenoxy) is 1. The number of carbonyl (C=O) groups excluding carboxylic acids is 1. The van der Waals surface area contributed by atoms with Crippen LogP contribution in [0.25, 0.3) is 0 Å². The Bertz CT molecular complexity index is 692. The predicted octanol–water partition coefficient (Wildman–Crippen LogP) is 2.25. The first-order chi connectivity index (χ1) is 17.1. The fourth-order valence-corrected chi connectivity index (χ4v) is 9.29. The van der Waals surface area contributed by atoms with E-state index < -0.39 is 0 Å². The van der Waals surface area contributed by atoms with E-state index in [4.69, 9.17) is 10.5 Å². The molecule has 7 unspecified atom stereocenters. The number of rotatable bonds is 7. The van der Waals surface area contributed by atoms with Gasteiger partial charge in [-0.15, -0.1) is 11.8 Å². The summed E-state index contributed by atoms with van der Waals surface area (Å²) in [6.07, 6.45) is 12.2. The van der Waals surface area contributed by atoms with Crippen LogP contribution in [0.5, 0.6) is 0 Å². The van der Waals surface area contributed by atoms with Crippen molar-refractivity contribution in [3.63, 3.8) is 0 Å². The van der Waals surface area contributed by atoms with Gasteiger partial charge < -0.3 is 26.0 Å². The fourth-order valence-electron chi connectivity index (χ4n) is 7.82. The van der Waals surface area contributed by atoms with Gasteiger partial charge in [-0.3, -0.25) is 9.69 Å². The number of fused-ring (bicyclic) bond motifs is 1. The monoisotopic (exact) mass is 507 g/mol. The van der Waals surface area contributed by atoms with Crippen LogP contribution in [0.3, 0.4) is 0 Å². The SMILES string of the molecule is CC1CC2CCCNC2C(N2CCCN(CC3CSC(C4CCCCC4)N3)CC2)C1OCC(N)=O. The average molecular weight is 508 g/mol. The van der Waals surface area contributed by atoms with Gasteiger partial charge in [-0.1, -0.05) is 26.2 Å². The Morgan fingerprint density at radius 2 is 1.86 bits per heavy atom. The maximum absolute atomic E-state index is 11.6. The number of hydrogen-bond acceptors (Lipinski definition) is 7. The quantitative estimate of drug-likeness (QED) is 0.488. The molecule has 3 heterocycles. The molecule has 8 heteroatoms. The summed E-state index contributed by atoms with van der Waals surface area (Å²) in [6.45, 7) is 9.15. The van der Waals surface area contributed by atoms with Gasteiger partial charge in [0.25, 0.3) is 0 Å². The molecule has 3 aliphatic heterocycles. The maximum atomic E-state index is 11.6. The lowest BCUT2D eigenvalue weighted by molar-refractivity contribution is -0.134. The Morgan fingerprint density at radius 1 is 1.03 bits per heavy atom. The van der Waals surface area contributed by atoms with E-state index in [-0.39, 0.29) is 18.6 Å². The number of carbonyl (C=O) groups is 1. The highest BCUT2D eigenvalue weighted by atomic mass is 32.2. The first-order valence-corrected chi connectivity index (χ1v) is 15.6. The number of amides is 1. The molecule has 3 saturated heterocycles. The van der Waals surface area contributed by atoms with Crippen molar-refractivity contribution in [1.29, 1.82) is 0 Å². The summed E-state index contributed by atoms with van der Waals surface area (Å²) in [5, 5.41) is 8.57. The van der Waals surface area contributed by atoms with Crippen LogP contribution in [0.1, 0.15) is 64.7 Å². The Hall–Kier alpha value is -0.380. The minimum absolute atomic E-state index is 0.0377. The maximum Gasteiger partial charge on any atom is 0.243 e. The normalized spacial score (nSPS) is 40.3. The first-order valence-electron chi connectivity index (χ1n) is 14.6. The number of primary amides is 1. The molecule has 1 amide bonds. The number of nitrogens with two attached hydrogens (primary N) is 1. The molecule has 5 fully saturated rings. The molecule has 0 bridgehead atoms. The van der Waals surface area contributed by atoms with Crippen LogP contribution in [0.15, 0.2) is 0 Å². The van der Waals surface area contributed by atoms with E-state index in [9.17, 15) is 4.79 Å². The van der Waals surface area contributed by atoms with Gasteiger partial charge in [-0.05, 0) is 75.9 Å². The zero-order chi connectivity index (χ0) is 24.2. The number of piperidine rings is 1. The molecule has 4 N–H and O–H groups in total. The zero-order valence-electron chi connectivity index (χ0n) is 21.8.